The van der Waals surface area contributed by atoms with E-state index in [2.05, 4.69) is 26.6 Å². The van der Waals surface area contributed by atoms with Crippen molar-refractivity contribution in [2.75, 3.05) is 25.1 Å². The van der Waals surface area contributed by atoms with Crippen LogP contribution in [-0.4, -0.2) is 31.6 Å². The predicted molar refractivity (Wildman–Crippen MR) is 147 cm³/mol. The largest absolute Gasteiger partial charge is 0.490 e. The van der Waals surface area contributed by atoms with Gasteiger partial charge in [0.1, 0.15) is 11.6 Å². The average Bonchev–Trinajstić information content (AvgIpc) is 2.88. The van der Waals surface area contributed by atoms with Crippen molar-refractivity contribution in [3.63, 3.8) is 0 Å². The number of amides is 2. The van der Waals surface area contributed by atoms with Crippen LogP contribution in [0.1, 0.15) is 23.6 Å². The van der Waals surface area contributed by atoms with Gasteiger partial charge in [0.05, 0.1) is 6.61 Å². The van der Waals surface area contributed by atoms with Gasteiger partial charge in [0, 0.05) is 16.7 Å². The van der Waals surface area contributed by atoms with Crippen molar-refractivity contribution in [3.8, 4) is 17.6 Å². The zero-order valence-corrected chi connectivity index (χ0v) is 22.3. The summed E-state index contributed by atoms with van der Waals surface area (Å²) < 4.78 is 12.0. The molecule has 0 radical (unpaired) electrons. The lowest BCUT2D eigenvalue weighted by Crippen LogP contribution is -2.30. The monoisotopic (exact) mass is 561 g/mol. The number of hydrogen-bond donors (Lipinski definition) is 2. The van der Waals surface area contributed by atoms with Gasteiger partial charge in [0.25, 0.3) is 11.8 Å². The summed E-state index contributed by atoms with van der Waals surface area (Å²) in [5.41, 5.74) is 3.21. The summed E-state index contributed by atoms with van der Waals surface area (Å²) in [6.45, 7) is 4.43. The lowest BCUT2D eigenvalue weighted by atomic mass is 10.1. The maximum Gasteiger partial charge on any atom is 0.266 e. The molecule has 3 rings (SSSR count). The molecule has 0 aromatic heterocycles. The topological polar surface area (TPSA) is 100 Å². The summed E-state index contributed by atoms with van der Waals surface area (Å²) in [7, 11) is 0. The Hall–Kier alpha value is -4.09. The summed E-state index contributed by atoms with van der Waals surface area (Å²) in [5.74, 6) is -0.0132. The van der Waals surface area contributed by atoms with Crippen molar-refractivity contribution < 1.29 is 19.1 Å². The molecule has 0 aliphatic rings. The third-order valence-electron chi connectivity index (χ3n) is 5.24. The van der Waals surface area contributed by atoms with Crippen molar-refractivity contribution in [1.82, 2.24) is 5.32 Å². The lowest BCUT2D eigenvalue weighted by Gasteiger charge is -2.14. The van der Waals surface area contributed by atoms with Crippen molar-refractivity contribution in [2.45, 2.75) is 20.3 Å². The van der Waals surface area contributed by atoms with E-state index >= 15 is 0 Å². The zero-order chi connectivity index (χ0) is 26.6. The van der Waals surface area contributed by atoms with Crippen molar-refractivity contribution in [1.29, 1.82) is 5.26 Å². The molecule has 0 heterocycles. The maximum atomic E-state index is 12.7. The number of nitrogens with one attached hydrogen (secondary N) is 2. The van der Waals surface area contributed by atoms with E-state index in [1.807, 2.05) is 68.4 Å². The fourth-order valence-electron chi connectivity index (χ4n) is 3.45. The number of halogens is 1. The molecule has 0 saturated carbocycles. The molecular weight excluding hydrogens is 534 g/mol. The highest BCUT2D eigenvalue weighted by Gasteiger charge is 2.15. The quantitative estimate of drug-likeness (QED) is 0.240. The van der Waals surface area contributed by atoms with Gasteiger partial charge in [-0.25, -0.2) is 0 Å². The van der Waals surface area contributed by atoms with Gasteiger partial charge in [0.2, 0.25) is 0 Å². The Morgan fingerprint density at radius 2 is 1.78 bits per heavy atom. The predicted octanol–water partition coefficient (Wildman–Crippen LogP) is 5.44. The Morgan fingerprint density at radius 1 is 1.03 bits per heavy atom. The van der Waals surface area contributed by atoms with Gasteiger partial charge in [-0.15, -0.1) is 0 Å². The number of nitriles is 1. The number of rotatable bonds is 11. The average molecular weight is 562 g/mol. The Balaban J connectivity index is 1.68. The molecule has 37 heavy (non-hydrogen) atoms. The molecule has 2 N–H and O–H groups in total. The second kappa shape index (κ2) is 13.9. The van der Waals surface area contributed by atoms with Crippen LogP contribution in [0.5, 0.6) is 11.5 Å². The number of ether oxygens (including phenoxy) is 2. The van der Waals surface area contributed by atoms with Gasteiger partial charge in [-0.05, 0) is 67.3 Å². The van der Waals surface area contributed by atoms with Gasteiger partial charge in [-0.2, -0.15) is 5.26 Å². The highest BCUT2D eigenvalue weighted by atomic mass is 79.9. The SMILES string of the molecule is CCOc1cc(C=C(C#N)C(=O)Nc2cccc(C)c2)c(Br)cc1OCC(=O)NCCc1ccccc1. The van der Waals surface area contributed by atoms with E-state index in [-0.39, 0.29) is 18.1 Å². The van der Waals surface area contributed by atoms with Crippen LogP contribution < -0.4 is 20.1 Å². The highest BCUT2D eigenvalue weighted by molar-refractivity contribution is 9.10. The number of benzene rings is 3. The van der Waals surface area contributed by atoms with Crippen LogP contribution in [0, 0.1) is 18.3 Å². The lowest BCUT2D eigenvalue weighted by molar-refractivity contribution is -0.123. The van der Waals surface area contributed by atoms with Crippen LogP contribution in [-0.2, 0) is 16.0 Å². The number of anilines is 1. The maximum absolute atomic E-state index is 12.7. The highest BCUT2D eigenvalue weighted by Crippen LogP contribution is 2.35. The smallest absolute Gasteiger partial charge is 0.266 e. The number of carbonyl (C=O) groups excluding carboxylic acids is 2. The summed E-state index contributed by atoms with van der Waals surface area (Å²) >= 11 is 3.47. The third-order valence-corrected chi connectivity index (χ3v) is 5.93. The van der Waals surface area contributed by atoms with Crippen LogP contribution in [0.15, 0.2) is 76.8 Å². The minimum absolute atomic E-state index is 0.0730. The first kappa shape index (κ1) is 27.5. The first-order valence-corrected chi connectivity index (χ1v) is 12.6. The molecule has 3 aromatic carbocycles. The molecular formula is C29H28BrN3O4. The fraction of sp³-hybridized carbons (Fsp3) is 0.207. The second-order valence-corrected chi connectivity index (χ2v) is 8.98. The zero-order valence-electron chi connectivity index (χ0n) is 20.7. The minimum atomic E-state index is -0.523. The molecule has 8 heteroatoms. The molecule has 3 aromatic rings. The number of nitrogens with zero attached hydrogens (tertiary/aromatic N) is 1. The number of hydrogen-bond acceptors (Lipinski definition) is 5. The molecule has 0 spiro atoms. The van der Waals surface area contributed by atoms with E-state index in [1.54, 1.807) is 18.2 Å². The first-order valence-electron chi connectivity index (χ1n) is 11.8. The van der Waals surface area contributed by atoms with E-state index in [0.717, 1.165) is 17.5 Å². The van der Waals surface area contributed by atoms with Gasteiger partial charge >= 0.3 is 0 Å². The molecule has 190 valence electrons. The van der Waals surface area contributed by atoms with Gasteiger partial charge in [0.15, 0.2) is 18.1 Å². The van der Waals surface area contributed by atoms with E-state index in [9.17, 15) is 14.9 Å². The fourth-order valence-corrected chi connectivity index (χ4v) is 3.89. The standard InChI is InChI=1S/C29H28BrN3O4/c1-3-36-26-16-22(15-23(18-31)29(35)33-24-11-7-8-20(2)14-24)25(30)17-27(26)37-19-28(34)32-13-12-21-9-5-4-6-10-21/h4-11,14-17H,3,12-13,19H2,1-2H3,(H,32,34)(H,33,35). The van der Waals surface area contributed by atoms with E-state index in [1.165, 1.54) is 6.08 Å². The van der Waals surface area contributed by atoms with Crippen molar-refractivity contribution >= 4 is 39.5 Å². The minimum Gasteiger partial charge on any atom is -0.490 e. The first-order chi connectivity index (χ1) is 17.9. The molecule has 2 amide bonds. The summed E-state index contributed by atoms with van der Waals surface area (Å²) in [5, 5.41) is 15.2. The van der Waals surface area contributed by atoms with Crippen molar-refractivity contribution in [3.05, 3.63) is 93.5 Å². The third kappa shape index (κ3) is 8.51. The van der Waals surface area contributed by atoms with Gasteiger partial charge in [-0.1, -0.05) is 58.4 Å². The van der Waals surface area contributed by atoms with Crippen LogP contribution in [0.25, 0.3) is 6.08 Å². The van der Waals surface area contributed by atoms with E-state index < -0.39 is 5.91 Å². The molecule has 0 fully saturated rings. The molecule has 0 aliphatic carbocycles. The molecule has 0 bridgehead atoms. The Morgan fingerprint density at radius 3 is 2.49 bits per heavy atom. The summed E-state index contributed by atoms with van der Waals surface area (Å²) in [6.07, 6.45) is 2.19. The second-order valence-electron chi connectivity index (χ2n) is 8.12. The van der Waals surface area contributed by atoms with Crippen LogP contribution >= 0.6 is 15.9 Å². The van der Waals surface area contributed by atoms with Crippen LogP contribution in [0.4, 0.5) is 5.69 Å². The molecule has 0 aliphatic heterocycles. The van der Waals surface area contributed by atoms with E-state index in [0.29, 0.717) is 40.4 Å². The molecule has 0 saturated heterocycles. The number of aryl methyl sites for hydroxylation is 1. The van der Waals surface area contributed by atoms with E-state index in [4.69, 9.17) is 9.47 Å². The van der Waals surface area contributed by atoms with Crippen LogP contribution in [0.3, 0.4) is 0 Å². The van der Waals surface area contributed by atoms with Gasteiger partial charge < -0.3 is 20.1 Å². The Labute approximate surface area is 225 Å². The van der Waals surface area contributed by atoms with Gasteiger partial charge in [-0.3, -0.25) is 9.59 Å². The molecule has 0 unspecified atom stereocenters. The summed E-state index contributed by atoms with van der Waals surface area (Å²) in [6, 6.07) is 22.5. The Bertz CT molecular complexity index is 1320. The molecule has 7 nitrogen and oxygen atoms in total. The molecule has 0 atom stereocenters. The Kier molecular flexibility index (Phi) is 10.3. The summed E-state index contributed by atoms with van der Waals surface area (Å²) in [4.78, 5) is 25.0. The normalized spacial score (nSPS) is 10.8. The number of carbonyl (C=O) groups is 2. The van der Waals surface area contributed by atoms with Crippen LogP contribution in [0.2, 0.25) is 0 Å². The van der Waals surface area contributed by atoms with Crippen molar-refractivity contribution in [2.24, 2.45) is 0 Å².